The van der Waals surface area contributed by atoms with Crippen LogP contribution in [0.25, 0.3) is 0 Å². The van der Waals surface area contributed by atoms with Crippen LogP contribution in [0.5, 0.6) is 0 Å². The van der Waals surface area contributed by atoms with Crippen molar-refractivity contribution >= 4 is 19.8 Å². The van der Waals surface area contributed by atoms with Crippen molar-refractivity contribution < 1.29 is 0 Å². The zero-order valence-corrected chi connectivity index (χ0v) is 12.0. The smallest absolute Gasteiger partial charge is 0.0481 e. The summed E-state index contributed by atoms with van der Waals surface area (Å²) in [5.41, 5.74) is 5.46. The third kappa shape index (κ3) is 9.10. The number of thioether (sulfide) groups is 1. The number of rotatable bonds is 9. The van der Waals surface area contributed by atoms with Gasteiger partial charge in [0.25, 0.3) is 0 Å². The average molecular weight is 233 g/mol. The van der Waals surface area contributed by atoms with E-state index < -0.39 is 8.07 Å². The first kappa shape index (κ1) is 14.5. The first-order valence-corrected chi connectivity index (χ1v) is 10.5. The predicted molar refractivity (Wildman–Crippen MR) is 73.0 cm³/mol. The zero-order chi connectivity index (χ0) is 10.9. The van der Waals surface area contributed by atoms with Crippen LogP contribution in [0.1, 0.15) is 26.2 Å². The SMILES string of the molecule is CCCC[Si](C)(C)CCSCCCN. The Balaban J connectivity index is 3.35. The fraction of sp³-hybridized carbons (Fsp3) is 1.00. The van der Waals surface area contributed by atoms with Crippen molar-refractivity contribution in [3.05, 3.63) is 0 Å². The van der Waals surface area contributed by atoms with Crippen LogP contribution in [0.4, 0.5) is 0 Å². The Morgan fingerprint density at radius 3 is 2.36 bits per heavy atom. The molecule has 0 heterocycles. The van der Waals surface area contributed by atoms with Gasteiger partial charge < -0.3 is 5.73 Å². The lowest BCUT2D eigenvalue weighted by atomic mass is 10.4. The topological polar surface area (TPSA) is 26.0 Å². The maximum atomic E-state index is 5.46. The molecule has 0 aliphatic rings. The van der Waals surface area contributed by atoms with Crippen LogP contribution in [0.2, 0.25) is 25.2 Å². The van der Waals surface area contributed by atoms with Crippen LogP contribution in [0, 0.1) is 0 Å². The molecular formula is C11H27NSSi. The van der Waals surface area contributed by atoms with Crippen molar-refractivity contribution in [1.82, 2.24) is 0 Å². The van der Waals surface area contributed by atoms with Crippen molar-refractivity contribution in [3.63, 3.8) is 0 Å². The van der Waals surface area contributed by atoms with E-state index >= 15 is 0 Å². The number of nitrogens with two attached hydrogens (primary N) is 1. The fourth-order valence-corrected chi connectivity index (χ4v) is 6.34. The molecule has 0 radical (unpaired) electrons. The Bertz CT molecular complexity index is 128. The molecule has 0 aromatic heterocycles. The van der Waals surface area contributed by atoms with Gasteiger partial charge in [0.05, 0.1) is 0 Å². The molecule has 0 aromatic carbocycles. The van der Waals surface area contributed by atoms with Crippen LogP contribution in [-0.2, 0) is 0 Å². The predicted octanol–water partition coefficient (Wildman–Crippen LogP) is 3.58. The summed E-state index contributed by atoms with van der Waals surface area (Å²) in [7, 11) is -0.837. The molecule has 0 saturated heterocycles. The molecule has 0 unspecified atom stereocenters. The van der Waals surface area contributed by atoms with E-state index in [1.165, 1.54) is 42.9 Å². The first-order valence-electron chi connectivity index (χ1n) is 5.90. The van der Waals surface area contributed by atoms with Crippen molar-refractivity contribution in [1.29, 1.82) is 0 Å². The molecule has 0 aromatic rings. The number of hydrogen-bond acceptors (Lipinski definition) is 2. The zero-order valence-electron chi connectivity index (χ0n) is 10.1. The molecular weight excluding hydrogens is 206 g/mol. The van der Waals surface area contributed by atoms with Crippen LogP contribution >= 0.6 is 11.8 Å². The quantitative estimate of drug-likeness (QED) is 0.487. The van der Waals surface area contributed by atoms with Crippen molar-refractivity contribution in [2.45, 2.75) is 51.4 Å². The van der Waals surface area contributed by atoms with E-state index in [1.807, 2.05) is 0 Å². The second-order valence-electron chi connectivity index (χ2n) is 4.77. The Hall–Kier alpha value is 0.527. The van der Waals surface area contributed by atoms with Crippen molar-refractivity contribution in [3.8, 4) is 0 Å². The third-order valence-corrected chi connectivity index (χ3v) is 7.37. The molecule has 1 nitrogen and oxygen atoms in total. The summed E-state index contributed by atoms with van der Waals surface area (Å²) in [6, 6.07) is 3.00. The minimum atomic E-state index is -0.837. The molecule has 0 bridgehead atoms. The van der Waals surface area contributed by atoms with E-state index in [0.717, 1.165) is 6.54 Å². The van der Waals surface area contributed by atoms with Gasteiger partial charge in [0.1, 0.15) is 0 Å². The molecule has 0 saturated carbocycles. The summed E-state index contributed by atoms with van der Waals surface area (Å²) in [5, 5.41) is 0. The van der Waals surface area contributed by atoms with Gasteiger partial charge in [0, 0.05) is 8.07 Å². The van der Waals surface area contributed by atoms with Gasteiger partial charge in [-0.25, -0.2) is 0 Å². The molecule has 0 fully saturated rings. The maximum absolute atomic E-state index is 5.46. The third-order valence-electron chi connectivity index (χ3n) is 2.62. The molecule has 14 heavy (non-hydrogen) atoms. The van der Waals surface area contributed by atoms with Crippen LogP contribution in [-0.4, -0.2) is 26.1 Å². The van der Waals surface area contributed by atoms with Gasteiger partial charge in [0.15, 0.2) is 0 Å². The summed E-state index contributed by atoms with van der Waals surface area (Å²) in [5.74, 6) is 2.62. The molecule has 0 aliphatic heterocycles. The van der Waals surface area contributed by atoms with Gasteiger partial charge in [-0.1, -0.05) is 38.9 Å². The number of hydrogen-bond donors (Lipinski definition) is 1. The lowest BCUT2D eigenvalue weighted by molar-refractivity contribution is 0.864. The Morgan fingerprint density at radius 2 is 1.79 bits per heavy atom. The monoisotopic (exact) mass is 233 g/mol. The Morgan fingerprint density at radius 1 is 1.07 bits per heavy atom. The van der Waals surface area contributed by atoms with Gasteiger partial charge >= 0.3 is 0 Å². The van der Waals surface area contributed by atoms with Gasteiger partial charge in [-0.3, -0.25) is 0 Å². The molecule has 0 spiro atoms. The summed E-state index contributed by atoms with van der Waals surface area (Å²) >= 11 is 2.09. The van der Waals surface area contributed by atoms with Crippen LogP contribution in [0.3, 0.4) is 0 Å². The van der Waals surface area contributed by atoms with Crippen LogP contribution in [0.15, 0.2) is 0 Å². The van der Waals surface area contributed by atoms with E-state index in [2.05, 4.69) is 31.8 Å². The van der Waals surface area contributed by atoms with Gasteiger partial charge in [-0.05, 0) is 30.5 Å². The van der Waals surface area contributed by atoms with Gasteiger partial charge in [0.2, 0.25) is 0 Å². The van der Waals surface area contributed by atoms with E-state index in [0.29, 0.717) is 0 Å². The molecule has 2 N–H and O–H groups in total. The first-order chi connectivity index (χ1) is 6.62. The second-order valence-corrected chi connectivity index (χ2v) is 11.3. The van der Waals surface area contributed by atoms with Crippen molar-refractivity contribution in [2.24, 2.45) is 5.73 Å². The Kier molecular flexibility index (Phi) is 9.14. The highest BCUT2D eigenvalue weighted by atomic mass is 32.2. The molecule has 0 amide bonds. The summed E-state index contributed by atoms with van der Waals surface area (Å²) in [6.07, 6.45) is 3.98. The lowest BCUT2D eigenvalue weighted by Gasteiger charge is -2.21. The highest BCUT2D eigenvalue weighted by Crippen LogP contribution is 2.21. The Labute approximate surface area is 95.2 Å². The summed E-state index contributed by atoms with van der Waals surface area (Å²) < 4.78 is 0. The van der Waals surface area contributed by atoms with Crippen molar-refractivity contribution in [2.75, 3.05) is 18.1 Å². The number of unbranched alkanes of at least 4 members (excludes halogenated alkanes) is 1. The van der Waals surface area contributed by atoms with Gasteiger partial charge in [-0.15, -0.1) is 0 Å². The van der Waals surface area contributed by atoms with Gasteiger partial charge in [-0.2, -0.15) is 11.8 Å². The molecule has 0 rings (SSSR count). The van der Waals surface area contributed by atoms with E-state index in [4.69, 9.17) is 5.73 Å². The molecule has 0 aliphatic carbocycles. The highest BCUT2D eigenvalue weighted by molar-refractivity contribution is 7.99. The van der Waals surface area contributed by atoms with E-state index in [-0.39, 0.29) is 0 Å². The largest absolute Gasteiger partial charge is 0.330 e. The standard InChI is InChI=1S/C11H27NSSi/c1-4-5-10-14(2,3)11-9-13-8-6-7-12/h4-12H2,1-3H3. The summed E-state index contributed by atoms with van der Waals surface area (Å²) in [6.45, 7) is 8.21. The van der Waals surface area contributed by atoms with E-state index in [1.54, 1.807) is 0 Å². The lowest BCUT2D eigenvalue weighted by Crippen LogP contribution is -2.25. The minimum Gasteiger partial charge on any atom is -0.330 e. The fourth-order valence-electron chi connectivity index (χ4n) is 1.42. The molecule has 3 heteroatoms. The normalized spacial score (nSPS) is 12.0. The van der Waals surface area contributed by atoms with E-state index in [9.17, 15) is 0 Å². The highest BCUT2D eigenvalue weighted by Gasteiger charge is 2.18. The molecule has 0 atom stereocenters. The maximum Gasteiger partial charge on any atom is 0.0481 e. The minimum absolute atomic E-state index is 0.837. The summed E-state index contributed by atoms with van der Waals surface area (Å²) in [4.78, 5) is 0. The average Bonchev–Trinajstić information content (AvgIpc) is 2.15. The van der Waals surface area contributed by atoms with Crippen LogP contribution < -0.4 is 5.73 Å². The second kappa shape index (κ2) is 8.80. The molecule has 86 valence electrons.